The van der Waals surface area contributed by atoms with Crippen molar-refractivity contribution in [1.82, 2.24) is 20.0 Å². The SMILES string of the molecule is CCN(CC)CCCNC(=O)c1ccn(COc2ccc(Cl)cc2Cl)n1. The van der Waals surface area contributed by atoms with E-state index in [0.29, 0.717) is 28.0 Å². The van der Waals surface area contributed by atoms with Crippen molar-refractivity contribution in [2.45, 2.75) is 27.0 Å². The third-order valence-corrected chi connectivity index (χ3v) is 4.48. The molecule has 6 nitrogen and oxygen atoms in total. The van der Waals surface area contributed by atoms with Gasteiger partial charge < -0.3 is 15.0 Å². The Morgan fingerprint density at radius 1 is 1.27 bits per heavy atom. The number of carbonyl (C=O) groups is 1. The standard InChI is InChI=1S/C18H24Cl2N4O2/c1-3-23(4-2)10-5-9-21-18(25)16-8-11-24(22-16)13-26-17-7-6-14(19)12-15(17)20/h6-8,11-12H,3-5,9-10,13H2,1-2H3,(H,21,25). The van der Waals surface area contributed by atoms with E-state index < -0.39 is 0 Å². The molecule has 142 valence electrons. The summed E-state index contributed by atoms with van der Waals surface area (Å²) in [6.07, 6.45) is 2.60. The molecule has 0 saturated heterocycles. The van der Waals surface area contributed by atoms with E-state index in [-0.39, 0.29) is 12.6 Å². The molecule has 0 atom stereocenters. The summed E-state index contributed by atoms with van der Waals surface area (Å²) in [5, 5.41) is 8.08. The predicted octanol–water partition coefficient (Wildman–Crippen LogP) is 3.69. The number of ether oxygens (including phenoxy) is 1. The Bertz CT molecular complexity index is 717. The minimum atomic E-state index is -0.187. The molecule has 1 heterocycles. The molecule has 0 unspecified atom stereocenters. The van der Waals surface area contributed by atoms with Gasteiger partial charge in [0.05, 0.1) is 5.02 Å². The quantitative estimate of drug-likeness (QED) is 0.619. The van der Waals surface area contributed by atoms with Gasteiger partial charge >= 0.3 is 0 Å². The second-order valence-electron chi connectivity index (χ2n) is 5.72. The number of halogens is 2. The number of aromatic nitrogens is 2. The number of rotatable bonds is 10. The van der Waals surface area contributed by atoms with Gasteiger partial charge in [-0.1, -0.05) is 37.0 Å². The Labute approximate surface area is 164 Å². The van der Waals surface area contributed by atoms with Crippen LogP contribution < -0.4 is 10.1 Å². The van der Waals surface area contributed by atoms with E-state index >= 15 is 0 Å². The largest absolute Gasteiger partial charge is 0.470 e. The maximum Gasteiger partial charge on any atom is 0.271 e. The second kappa shape index (κ2) is 10.4. The van der Waals surface area contributed by atoms with E-state index in [4.69, 9.17) is 27.9 Å². The van der Waals surface area contributed by atoms with Crippen molar-refractivity contribution in [3.63, 3.8) is 0 Å². The van der Waals surface area contributed by atoms with Gasteiger partial charge in [0.1, 0.15) is 11.4 Å². The number of nitrogens with zero attached hydrogens (tertiary/aromatic N) is 3. The molecule has 0 bridgehead atoms. The van der Waals surface area contributed by atoms with Crippen molar-refractivity contribution in [3.05, 3.63) is 46.2 Å². The third kappa shape index (κ3) is 6.20. The lowest BCUT2D eigenvalue weighted by molar-refractivity contribution is 0.0945. The van der Waals surface area contributed by atoms with Crippen LogP contribution in [0.1, 0.15) is 30.8 Å². The first kappa shape index (κ1) is 20.6. The van der Waals surface area contributed by atoms with Crippen LogP contribution in [-0.4, -0.2) is 46.8 Å². The van der Waals surface area contributed by atoms with E-state index in [1.165, 1.54) is 4.68 Å². The zero-order chi connectivity index (χ0) is 18.9. The summed E-state index contributed by atoms with van der Waals surface area (Å²) in [6, 6.07) is 6.66. The van der Waals surface area contributed by atoms with Gasteiger partial charge in [-0.2, -0.15) is 5.10 Å². The average Bonchev–Trinajstić information content (AvgIpc) is 3.10. The molecule has 1 aromatic heterocycles. The number of benzene rings is 1. The van der Waals surface area contributed by atoms with Gasteiger partial charge in [0, 0.05) is 17.8 Å². The Morgan fingerprint density at radius 2 is 2.04 bits per heavy atom. The van der Waals surface area contributed by atoms with E-state index in [1.807, 2.05) is 0 Å². The van der Waals surface area contributed by atoms with Gasteiger partial charge in [-0.05, 0) is 50.3 Å². The maximum absolute atomic E-state index is 12.1. The lowest BCUT2D eigenvalue weighted by Gasteiger charge is -2.17. The van der Waals surface area contributed by atoms with E-state index in [9.17, 15) is 4.79 Å². The lowest BCUT2D eigenvalue weighted by Crippen LogP contribution is -2.30. The summed E-state index contributed by atoms with van der Waals surface area (Å²) in [4.78, 5) is 14.5. The first-order valence-electron chi connectivity index (χ1n) is 8.65. The molecular formula is C18H24Cl2N4O2. The minimum absolute atomic E-state index is 0.149. The fourth-order valence-electron chi connectivity index (χ4n) is 2.42. The zero-order valence-corrected chi connectivity index (χ0v) is 16.6. The molecule has 0 radical (unpaired) electrons. The first-order chi connectivity index (χ1) is 12.5. The monoisotopic (exact) mass is 398 g/mol. The first-order valence-corrected chi connectivity index (χ1v) is 9.41. The van der Waals surface area contributed by atoms with Crippen LogP contribution in [-0.2, 0) is 6.73 Å². The van der Waals surface area contributed by atoms with Gasteiger partial charge in [-0.3, -0.25) is 4.79 Å². The molecule has 0 aliphatic carbocycles. The highest BCUT2D eigenvalue weighted by molar-refractivity contribution is 6.35. The summed E-state index contributed by atoms with van der Waals surface area (Å²) < 4.78 is 7.13. The number of amides is 1. The molecule has 2 aromatic rings. The molecule has 0 spiro atoms. The van der Waals surface area contributed by atoms with Crippen LogP contribution in [0, 0.1) is 0 Å². The lowest BCUT2D eigenvalue weighted by atomic mass is 10.3. The molecule has 0 fully saturated rings. The van der Waals surface area contributed by atoms with E-state index in [0.717, 1.165) is 26.1 Å². The smallest absolute Gasteiger partial charge is 0.271 e. The van der Waals surface area contributed by atoms with Gasteiger partial charge in [-0.25, -0.2) is 4.68 Å². The maximum atomic E-state index is 12.1. The van der Waals surface area contributed by atoms with Crippen molar-refractivity contribution in [2.24, 2.45) is 0 Å². The molecule has 0 saturated carbocycles. The van der Waals surface area contributed by atoms with E-state index in [1.54, 1.807) is 30.5 Å². The number of nitrogens with one attached hydrogen (secondary N) is 1. The molecule has 1 N–H and O–H groups in total. The van der Waals surface area contributed by atoms with Crippen LogP contribution in [0.4, 0.5) is 0 Å². The van der Waals surface area contributed by atoms with Gasteiger partial charge in [-0.15, -0.1) is 0 Å². The highest BCUT2D eigenvalue weighted by Gasteiger charge is 2.10. The summed E-state index contributed by atoms with van der Waals surface area (Å²) in [5.41, 5.74) is 0.360. The molecule has 2 rings (SSSR count). The zero-order valence-electron chi connectivity index (χ0n) is 15.0. The van der Waals surface area contributed by atoms with Crippen molar-refractivity contribution < 1.29 is 9.53 Å². The van der Waals surface area contributed by atoms with Gasteiger partial charge in [0.15, 0.2) is 6.73 Å². The highest BCUT2D eigenvalue weighted by atomic mass is 35.5. The topological polar surface area (TPSA) is 59.4 Å². The molecule has 8 heteroatoms. The Balaban J connectivity index is 1.78. The van der Waals surface area contributed by atoms with Crippen molar-refractivity contribution >= 4 is 29.1 Å². The van der Waals surface area contributed by atoms with Crippen LogP contribution in [0.25, 0.3) is 0 Å². The van der Waals surface area contributed by atoms with Crippen LogP contribution in [0.2, 0.25) is 10.0 Å². The minimum Gasteiger partial charge on any atom is -0.470 e. The summed E-state index contributed by atoms with van der Waals surface area (Å²) in [6.45, 7) is 8.05. The summed E-state index contributed by atoms with van der Waals surface area (Å²) in [7, 11) is 0. The van der Waals surface area contributed by atoms with Crippen LogP contribution in [0.3, 0.4) is 0 Å². The summed E-state index contributed by atoms with van der Waals surface area (Å²) in [5.74, 6) is 0.321. The fourth-order valence-corrected chi connectivity index (χ4v) is 2.88. The van der Waals surface area contributed by atoms with Crippen LogP contribution in [0.5, 0.6) is 5.75 Å². The second-order valence-corrected chi connectivity index (χ2v) is 6.57. The Kier molecular flexibility index (Phi) is 8.22. The summed E-state index contributed by atoms with van der Waals surface area (Å²) >= 11 is 11.9. The number of hydrogen-bond acceptors (Lipinski definition) is 4. The molecule has 1 amide bonds. The highest BCUT2D eigenvalue weighted by Crippen LogP contribution is 2.27. The van der Waals surface area contributed by atoms with Crippen molar-refractivity contribution in [2.75, 3.05) is 26.2 Å². The van der Waals surface area contributed by atoms with E-state index in [2.05, 4.69) is 29.2 Å². The van der Waals surface area contributed by atoms with Crippen molar-refractivity contribution in [3.8, 4) is 5.75 Å². The molecule has 26 heavy (non-hydrogen) atoms. The third-order valence-electron chi connectivity index (χ3n) is 3.95. The predicted molar refractivity (Wildman–Crippen MR) is 104 cm³/mol. The van der Waals surface area contributed by atoms with Gasteiger partial charge in [0.25, 0.3) is 5.91 Å². The molecule has 0 aliphatic rings. The molecular weight excluding hydrogens is 375 g/mol. The fraction of sp³-hybridized carbons (Fsp3) is 0.444. The molecule has 1 aromatic carbocycles. The number of carbonyl (C=O) groups excluding carboxylic acids is 1. The van der Waals surface area contributed by atoms with Crippen molar-refractivity contribution in [1.29, 1.82) is 0 Å². The van der Waals surface area contributed by atoms with Crippen LogP contribution >= 0.6 is 23.2 Å². The van der Waals surface area contributed by atoms with Gasteiger partial charge in [0.2, 0.25) is 0 Å². The molecule has 0 aliphatic heterocycles. The number of hydrogen-bond donors (Lipinski definition) is 1. The Morgan fingerprint density at radius 3 is 2.73 bits per heavy atom. The Hall–Kier alpha value is -1.76. The van der Waals surface area contributed by atoms with Crippen LogP contribution in [0.15, 0.2) is 30.5 Å². The normalized spacial score (nSPS) is 11.0. The average molecular weight is 399 g/mol.